The molecule has 98 valence electrons. The second-order valence-corrected chi connectivity index (χ2v) is 3.73. The number of amides is 1. The Morgan fingerprint density at radius 1 is 1.22 bits per heavy atom. The van der Waals surface area contributed by atoms with Gasteiger partial charge in [0.25, 0.3) is 0 Å². The van der Waals surface area contributed by atoms with Gasteiger partial charge in [-0.1, -0.05) is 6.07 Å². The largest absolute Gasteiger partial charge is 0.481 e. The molecule has 0 spiro atoms. The van der Waals surface area contributed by atoms with Crippen molar-refractivity contribution in [3.8, 4) is 0 Å². The monoisotopic (exact) mass is 257 g/mol. The Hall–Kier alpha value is -1.98. The van der Waals surface area contributed by atoms with E-state index in [0.29, 0.717) is 5.56 Å². The number of carboxylic acids is 1. The highest BCUT2D eigenvalue weighted by atomic mass is 19.1. The molecule has 0 atom stereocenters. The Bertz CT molecular complexity index is 449. The molecule has 0 radical (unpaired) electrons. The summed E-state index contributed by atoms with van der Waals surface area (Å²) in [5, 5.41) is 10.8. The molecule has 0 aliphatic heterocycles. The summed E-state index contributed by atoms with van der Waals surface area (Å²) < 4.78 is 25.8. The van der Waals surface area contributed by atoms with E-state index in [-0.39, 0.29) is 25.8 Å². The standard InChI is InChI=1S/C12H13F2NO3/c13-9-2-1-8(10(14)7-9)5-6-15-11(16)3-4-12(17)18/h1-2,7H,3-6H2,(H,15,16)(H,17,18). The van der Waals surface area contributed by atoms with E-state index in [2.05, 4.69) is 5.32 Å². The van der Waals surface area contributed by atoms with E-state index in [9.17, 15) is 18.4 Å². The predicted octanol–water partition coefficient (Wildman–Crippen LogP) is 1.49. The highest BCUT2D eigenvalue weighted by Crippen LogP contribution is 2.09. The molecular weight excluding hydrogens is 244 g/mol. The number of hydrogen-bond acceptors (Lipinski definition) is 2. The highest BCUT2D eigenvalue weighted by Gasteiger charge is 2.06. The fourth-order valence-electron chi connectivity index (χ4n) is 1.37. The number of halogens is 2. The SMILES string of the molecule is O=C(O)CCC(=O)NCCc1ccc(F)cc1F. The van der Waals surface area contributed by atoms with Gasteiger partial charge in [0.1, 0.15) is 11.6 Å². The first kappa shape index (κ1) is 14.1. The molecule has 1 aromatic rings. The summed E-state index contributed by atoms with van der Waals surface area (Å²) >= 11 is 0. The maximum atomic E-state index is 13.2. The Morgan fingerprint density at radius 2 is 1.94 bits per heavy atom. The van der Waals surface area contributed by atoms with Crippen molar-refractivity contribution in [2.75, 3.05) is 6.54 Å². The number of carboxylic acid groups (broad SMARTS) is 1. The van der Waals surface area contributed by atoms with Crippen LogP contribution >= 0.6 is 0 Å². The fraction of sp³-hybridized carbons (Fsp3) is 0.333. The van der Waals surface area contributed by atoms with Crippen molar-refractivity contribution >= 4 is 11.9 Å². The molecule has 0 unspecified atom stereocenters. The molecule has 1 aromatic carbocycles. The molecule has 0 saturated carbocycles. The number of aliphatic carboxylic acids is 1. The van der Waals surface area contributed by atoms with Crippen LogP contribution in [0.1, 0.15) is 18.4 Å². The lowest BCUT2D eigenvalue weighted by Gasteiger charge is -2.05. The third kappa shape index (κ3) is 4.90. The molecule has 4 nitrogen and oxygen atoms in total. The van der Waals surface area contributed by atoms with Crippen molar-refractivity contribution in [2.45, 2.75) is 19.3 Å². The van der Waals surface area contributed by atoms with Gasteiger partial charge in [-0.25, -0.2) is 8.78 Å². The van der Waals surface area contributed by atoms with Gasteiger partial charge >= 0.3 is 5.97 Å². The van der Waals surface area contributed by atoms with Gasteiger partial charge in [-0.05, 0) is 18.1 Å². The average Bonchev–Trinajstić information content (AvgIpc) is 2.29. The molecular formula is C12H13F2NO3. The van der Waals surface area contributed by atoms with Crippen LogP contribution in [-0.4, -0.2) is 23.5 Å². The van der Waals surface area contributed by atoms with Gasteiger partial charge in [0, 0.05) is 19.0 Å². The van der Waals surface area contributed by atoms with Crippen LogP contribution < -0.4 is 5.32 Å². The number of carbonyl (C=O) groups is 2. The number of rotatable bonds is 6. The lowest BCUT2D eigenvalue weighted by molar-refractivity contribution is -0.138. The zero-order valence-electron chi connectivity index (χ0n) is 9.58. The summed E-state index contributed by atoms with van der Waals surface area (Å²) in [6.45, 7) is 0.182. The Kier molecular flexibility index (Phi) is 5.23. The van der Waals surface area contributed by atoms with Crippen molar-refractivity contribution < 1.29 is 23.5 Å². The molecule has 6 heteroatoms. The van der Waals surface area contributed by atoms with E-state index < -0.39 is 23.5 Å². The first-order valence-electron chi connectivity index (χ1n) is 5.41. The van der Waals surface area contributed by atoms with E-state index in [1.807, 2.05) is 0 Å². The third-order valence-corrected chi connectivity index (χ3v) is 2.30. The van der Waals surface area contributed by atoms with E-state index >= 15 is 0 Å². The lowest BCUT2D eigenvalue weighted by Crippen LogP contribution is -2.26. The minimum Gasteiger partial charge on any atom is -0.481 e. The van der Waals surface area contributed by atoms with E-state index in [1.165, 1.54) is 6.07 Å². The Morgan fingerprint density at radius 3 is 2.56 bits per heavy atom. The predicted molar refractivity (Wildman–Crippen MR) is 59.9 cm³/mol. The maximum Gasteiger partial charge on any atom is 0.303 e. The van der Waals surface area contributed by atoms with Crippen LogP contribution in [0.15, 0.2) is 18.2 Å². The van der Waals surface area contributed by atoms with Crippen LogP contribution in [0.5, 0.6) is 0 Å². The molecule has 2 N–H and O–H groups in total. The van der Waals surface area contributed by atoms with Gasteiger partial charge in [-0.2, -0.15) is 0 Å². The van der Waals surface area contributed by atoms with Gasteiger partial charge in [-0.3, -0.25) is 9.59 Å². The summed E-state index contributed by atoms with van der Waals surface area (Å²) in [4.78, 5) is 21.4. The number of benzene rings is 1. The Labute approximate surface area is 103 Å². The zero-order valence-corrected chi connectivity index (χ0v) is 9.58. The van der Waals surface area contributed by atoms with Crippen LogP contribution in [-0.2, 0) is 16.0 Å². The van der Waals surface area contributed by atoms with Crippen LogP contribution in [0.4, 0.5) is 8.78 Å². The molecule has 18 heavy (non-hydrogen) atoms. The molecule has 1 rings (SSSR count). The molecule has 0 fully saturated rings. The highest BCUT2D eigenvalue weighted by molar-refractivity contribution is 5.80. The minimum atomic E-state index is -1.05. The maximum absolute atomic E-state index is 13.2. The van der Waals surface area contributed by atoms with Crippen molar-refractivity contribution in [1.82, 2.24) is 5.32 Å². The molecule has 0 saturated heterocycles. The first-order valence-corrected chi connectivity index (χ1v) is 5.41. The van der Waals surface area contributed by atoms with E-state index in [1.54, 1.807) is 0 Å². The van der Waals surface area contributed by atoms with E-state index in [0.717, 1.165) is 12.1 Å². The second kappa shape index (κ2) is 6.68. The fourth-order valence-corrected chi connectivity index (χ4v) is 1.37. The summed E-state index contributed by atoms with van der Waals surface area (Å²) in [5.41, 5.74) is 0.301. The van der Waals surface area contributed by atoms with Crippen molar-refractivity contribution in [3.05, 3.63) is 35.4 Å². The molecule has 0 aromatic heterocycles. The summed E-state index contributed by atoms with van der Waals surface area (Å²) in [7, 11) is 0. The minimum absolute atomic E-state index is 0.110. The molecule has 0 bridgehead atoms. The summed E-state index contributed by atoms with van der Waals surface area (Å²) in [5.74, 6) is -2.76. The summed E-state index contributed by atoms with van der Waals surface area (Å²) in [6, 6.07) is 3.24. The van der Waals surface area contributed by atoms with Crippen LogP contribution in [0.2, 0.25) is 0 Å². The number of carbonyl (C=O) groups excluding carboxylic acids is 1. The van der Waals surface area contributed by atoms with Crippen molar-refractivity contribution in [2.24, 2.45) is 0 Å². The normalized spacial score (nSPS) is 10.1. The Balaban J connectivity index is 2.33. The van der Waals surface area contributed by atoms with Gasteiger partial charge < -0.3 is 10.4 Å². The van der Waals surface area contributed by atoms with Gasteiger partial charge in [0.15, 0.2) is 0 Å². The van der Waals surface area contributed by atoms with Gasteiger partial charge in [-0.15, -0.1) is 0 Å². The van der Waals surface area contributed by atoms with Crippen molar-refractivity contribution in [3.63, 3.8) is 0 Å². The number of nitrogens with one attached hydrogen (secondary N) is 1. The van der Waals surface area contributed by atoms with Crippen LogP contribution in [0, 0.1) is 11.6 Å². The summed E-state index contributed by atoms with van der Waals surface area (Å²) in [6.07, 6.45) is -0.122. The molecule has 1 amide bonds. The smallest absolute Gasteiger partial charge is 0.303 e. The first-order chi connectivity index (χ1) is 8.49. The number of hydrogen-bond donors (Lipinski definition) is 2. The topological polar surface area (TPSA) is 66.4 Å². The van der Waals surface area contributed by atoms with Crippen LogP contribution in [0.25, 0.3) is 0 Å². The quantitative estimate of drug-likeness (QED) is 0.811. The van der Waals surface area contributed by atoms with Crippen LogP contribution in [0.3, 0.4) is 0 Å². The third-order valence-electron chi connectivity index (χ3n) is 2.30. The lowest BCUT2D eigenvalue weighted by atomic mass is 10.1. The molecule has 0 aliphatic rings. The van der Waals surface area contributed by atoms with E-state index in [4.69, 9.17) is 5.11 Å². The second-order valence-electron chi connectivity index (χ2n) is 3.73. The zero-order chi connectivity index (χ0) is 13.5. The average molecular weight is 257 g/mol. The van der Waals surface area contributed by atoms with Crippen molar-refractivity contribution in [1.29, 1.82) is 0 Å². The molecule has 0 heterocycles. The van der Waals surface area contributed by atoms with Gasteiger partial charge in [0.05, 0.1) is 6.42 Å². The van der Waals surface area contributed by atoms with Gasteiger partial charge in [0.2, 0.25) is 5.91 Å². The molecule has 0 aliphatic carbocycles.